The van der Waals surface area contributed by atoms with Crippen molar-refractivity contribution < 1.29 is 9.47 Å². The van der Waals surface area contributed by atoms with Gasteiger partial charge in [0.25, 0.3) is 0 Å². The molecule has 1 atom stereocenters. The molecule has 13 heteroatoms. The van der Waals surface area contributed by atoms with Gasteiger partial charge in [-0.25, -0.2) is 15.0 Å². The molecule has 5 heterocycles. The van der Waals surface area contributed by atoms with Crippen LogP contribution in [0.1, 0.15) is 16.7 Å². The van der Waals surface area contributed by atoms with Gasteiger partial charge in [0.2, 0.25) is 18.7 Å². The van der Waals surface area contributed by atoms with Gasteiger partial charge in [0.05, 0.1) is 5.56 Å². The van der Waals surface area contributed by atoms with Crippen LogP contribution in [0.15, 0.2) is 63.0 Å². The normalized spacial score (nSPS) is 19.3. The van der Waals surface area contributed by atoms with Crippen molar-refractivity contribution in [1.29, 1.82) is 0 Å². The van der Waals surface area contributed by atoms with Crippen molar-refractivity contribution in [1.82, 2.24) is 19.8 Å². The number of aromatic nitrogens is 2. The van der Waals surface area contributed by atoms with Crippen molar-refractivity contribution >= 4 is 63.3 Å². The molecule has 44 heavy (non-hydrogen) atoms. The highest BCUT2D eigenvalue weighted by atomic mass is 35.5. The summed E-state index contributed by atoms with van der Waals surface area (Å²) >= 11 is 14.9. The molecule has 2 aromatic carbocycles. The Morgan fingerprint density at radius 3 is 2.41 bits per heavy atom. The molecule has 3 aromatic rings. The maximum absolute atomic E-state index is 7.04. The van der Waals surface area contributed by atoms with Crippen molar-refractivity contribution in [2.75, 3.05) is 71.0 Å². The third-order valence-corrected chi connectivity index (χ3v) is 9.47. The summed E-state index contributed by atoms with van der Waals surface area (Å²) in [6.45, 7) is 4.50. The number of piperazine rings is 1. The number of halogens is 2. The Bertz CT molecular complexity index is 1700. The SMILES string of the molecule is CN(C)C1=NC(Cl)C2=C(c3ccc(Cl)cc3)c3c(nc(N(C)C)nc3N3CCN(Cc4ccc5c(c4)OCO5)CC3)SC2=N1. The highest BCUT2D eigenvalue weighted by molar-refractivity contribution is 8.14. The average molecular weight is 652 g/mol. The van der Waals surface area contributed by atoms with Crippen molar-refractivity contribution in [2.45, 2.75) is 17.1 Å². The van der Waals surface area contributed by atoms with Crippen LogP contribution in [0.5, 0.6) is 11.5 Å². The van der Waals surface area contributed by atoms with E-state index in [1.807, 2.05) is 68.3 Å². The number of ether oxygens (including phenoxy) is 2. The third kappa shape index (κ3) is 5.47. The predicted octanol–water partition coefficient (Wildman–Crippen LogP) is 5.05. The van der Waals surface area contributed by atoms with Gasteiger partial charge in [-0.05, 0) is 47.2 Å². The van der Waals surface area contributed by atoms with Crippen LogP contribution in [0.4, 0.5) is 11.8 Å². The summed E-state index contributed by atoms with van der Waals surface area (Å²) < 4.78 is 11.1. The van der Waals surface area contributed by atoms with Crippen molar-refractivity contribution in [3.05, 3.63) is 69.8 Å². The van der Waals surface area contributed by atoms with Gasteiger partial charge in [-0.1, -0.05) is 41.4 Å². The third-order valence-electron chi connectivity index (χ3n) is 7.90. The first kappa shape index (κ1) is 29.2. The molecule has 1 aromatic heterocycles. The summed E-state index contributed by atoms with van der Waals surface area (Å²) in [4.78, 5) is 28.5. The molecule has 4 aliphatic heterocycles. The van der Waals surface area contributed by atoms with E-state index in [0.29, 0.717) is 16.9 Å². The fourth-order valence-electron chi connectivity index (χ4n) is 5.66. The Morgan fingerprint density at radius 2 is 1.68 bits per heavy atom. The van der Waals surface area contributed by atoms with Gasteiger partial charge in [-0.2, -0.15) is 4.98 Å². The molecule has 10 nitrogen and oxygen atoms in total. The Hall–Kier alpha value is -3.51. The Balaban J connectivity index is 1.27. The van der Waals surface area contributed by atoms with Crippen molar-refractivity contribution in [3.8, 4) is 11.5 Å². The fourth-order valence-corrected chi connectivity index (χ4v) is 7.21. The van der Waals surface area contributed by atoms with Gasteiger partial charge in [-0.15, -0.1) is 0 Å². The molecule has 4 aliphatic rings. The lowest BCUT2D eigenvalue weighted by molar-refractivity contribution is 0.174. The van der Waals surface area contributed by atoms with Crippen LogP contribution in [0.2, 0.25) is 5.02 Å². The minimum Gasteiger partial charge on any atom is -0.454 e. The summed E-state index contributed by atoms with van der Waals surface area (Å²) in [5.41, 5.74) is 4.32. The Kier molecular flexibility index (Phi) is 7.82. The highest BCUT2D eigenvalue weighted by Crippen LogP contribution is 2.48. The lowest BCUT2D eigenvalue weighted by Gasteiger charge is -2.38. The molecule has 1 saturated heterocycles. The summed E-state index contributed by atoms with van der Waals surface area (Å²) in [6.07, 6.45) is 0. The van der Waals surface area contributed by atoms with Gasteiger partial charge in [0, 0.05) is 77.1 Å². The average Bonchev–Trinajstić information content (AvgIpc) is 3.48. The Morgan fingerprint density at radius 1 is 0.932 bits per heavy atom. The molecule has 1 unspecified atom stereocenters. The van der Waals surface area contributed by atoms with Gasteiger partial charge in [0.1, 0.15) is 15.9 Å². The van der Waals surface area contributed by atoms with E-state index in [0.717, 1.165) is 82.4 Å². The van der Waals surface area contributed by atoms with Crippen LogP contribution >= 0.6 is 35.0 Å². The van der Waals surface area contributed by atoms with Crippen molar-refractivity contribution in [2.24, 2.45) is 9.98 Å². The van der Waals surface area contributed by atoms with E-state index >= 15 is 0 Å². The highest BCUT2D eigenvalue weighted by Gasteiger charge is 2.38. The first-order valence-electron chi connectivity index (χ1n) is 14.4. The second-order valence-corrected chi connectivity index (χ2v) is 13.2. The zero-order valence-corrected chi connectivity index (χ0v) is 27.2. The van der Waals surface area contributed by atoms with E-state index < -0.39 is 5.50 Å². The number of hydrogen-bond donors (Lipinski definition) is 0. The number of nitrogens with zero attached hydrogens (tertiary/aromatic N) is 8. The van der Waals surface area contributed by atoms with Crippen LogP contribution in [0.25, 0.3) is 5.57 Å². The second kappa shape index (κ2) is 11.8. The number of fused-ring (bicyclic) bond motifs is 3. The van der Waals surface area contributed by atoms with Crippen molar-refractivity contribution in [3.63, 3.8) is 0 Å². The summed E-state index contributed by atoms with van der Waals surface area (Å²) in [5, 5.41) is 2.30. The second-order valence-electron chi connectivity index (χ2n) is 11.3. The molecule has 1 fully saturated rings. The maximum atomic E-state index is 7.04. The lowest BCUT2D eigenvalue weighted by Crippen LogP contribution is -2.46. The number of alkyl halides is 1. The molecule has 0 N–H and O–H groups in total. The van der Waals surface area contributed by atoms with Gasteiger partial charge in [-0.3, -0.25) is 4.90 Å². The summed E-state index contributed by atoms with van der Waals surface area (Å²) in [6, 6.07) is 14.0. The largest absolute Gasteiger partial charge is 0.454 e. The van der Waals surface area contributed by atoms with E-state index in [1.165, 1.54) is 17.3 Å². The molecule has 7 rings (SSSR count). The van der Waals surface area contributed by atoms with Gasteiger partial charge >= 0.3 is 0 Å². The topological polar surface area (TPSA) is 81.9 Å². The smallest absolute Gasteiger partial charge is 0.231 e. The Labute approximate surface area is 271 Å². The molecule has 0 spiro atoms. The minimum atomic E-state index is -0.619. The number of hydrogen-bond acceptors (Lipinski definition) is 11. The van der Waals surface area contributed by atoms with Gasteiger partial charge in [0.15, 0.2) is 17.0 Å². The number of rotatable bonds is 5. The van der Waals surface area contributed by atoms with Crippen LogP contribution in [-0.4, -0.2) is 97.4 Å². The molecule has 0 radical (unpaired) electrons. The number of aliphatic imine (C=N–C) groups is 2. The fraction of sp³-hybridized carbons (Fsp3) is 0.355. The molecule has 0 bridgehead atoms. The maximum Gasteiger partial charge on any atom is 0.231 e. The molecule has 0 amide bonds. The summed E-state index contributed by atoms with van der Waals surface area (Å²) in [7, 11) is 7.76. The molecule has 0 saturated carbocycles. The summed E-state index contributed by atoms with van der Waals surface area (Å²) in [5.74, 6) is 3.73. The van der Waals surface area contributed by atoms with E-state index in [1.54, 1.807) is 0 Å². The van der Waals surface area contributed by atoms with E-state index in [9.17, 15) is 0 Å². The minimum absolute atomic E-state index is 0.281. The molecular weight excluding hydrogens is 619 g/mol. The first-order valence-corrected chi connectivity index (χ1v) is 16.0. The van der Waals surface area contributed by atoms with E-state index in [2.05, 4.69) is 21.9 Å². The van der Waals surface area contributed by atoms with Crippen LogP contribution in [0.3, 0.4) is 0 Å². The monoisotopic (exact) mass is 650 g/mol. The number of anilines is 2. The standard InChI is InChI=1S/C31H32Cl2N8O2S/c1-38(2)30-34-26(33)24-23(19-6-8-20(32)9-7-19)25-27(35-31(39(3)4)37-29(25)44-28(24)36-30)41-13-11-40(12-14-41)16-18-5-10-21-22(15-18)43-17-42-21/h5-10,15,26H,11-14,16-17H2,1-4H3. The number of benzene rings is 2. The molecular formula is C31H32Cl2N8O2S. The van der Waals surface area contributed by atoms with Crippen LogP contribution in [-0.2, 0) is 6.54 Å². The van der Waals surface area contributed by atoms with E-state index in [4.69, 9.17) is 52.6 Å². The molecule has 228 valence electrons. The van der Waals surface area contributed by atoms with Gasteiger partial charge < -0.3 is 24.2 Å². The van der Waals surface area contributed by atoms with Crippen LogP contribution in [0, 0.1) is 0 Å². The van der Waals surface area contributed by atoms with E-state index in [-0.39, 0.29) is 6.79 Å². The zero-order valence-electron chi connectivity index (χ0n) is 24.9. The lowest BCUT2D eigenvalue weighted by atomic mass is 9.93. The quantitative estimate of drug-likeness (QED) is 0.214. The number of guanidine groups is 1. The predicted molar refractivity (Wildman–Crippen MR) is 178 cm³/mol. The first-order chi connectivity index (χ1) is 21.2. The zero-order chi connectivity index (χ0) is 30.5. The van der Waals surface area contributed by atoms with Crippen LogP contribution < -0.4 is 19.3 Å². The molecule has 0 aliphatic carbocycles. The number of thioether (sulfide) groups is 1.